The molecule has 1 saturated heterocycles. The van der Waals surface area contributed by atoms with E-state index in [0.29, 0.717) is 12.5 Å². The second-order valence-corrected chi connectivity index (χ2v) is 8.00. The van der Waals surface area contributed by atoms with Crippen LogP contribution in [0.15, 0.2) is 29.3 Å². The lowest BCUT2D eigenvalue weighted by Gasteiger charge is -2.36. The lowest BCUT2D eigenvalue weighted by molar-refractivity contribution is -0.123. The summed E-state index contributed by atoms with van der Waals surface area (Å²) >= 11 is 0. The number of hydrogen-bond acceptors (Lipinski definition) is 3. The van der Waals surface area contributed by atoms with Gasteiger partial charge in [0.25, 0.3) is 0 Å². The number of aliphatic imine (C=N–C) groups is 1. The maximum atomic E-state index is 12.0. The minimum absolute atomic E-state index is 0.107. The van der Waals surface area contributed by atoms with E-state index in [9.17, 15) is 4.79 Å². The molecule has 0 saturated carbocycles. The Hall–Kier alpha value is -2.08. The van der Waals surface area contributed by atoms with Gasteiger partial charge in [-0.2, -0.15) is 0 Å². The van der Waals surface area contributed by atoms with Gasteiger partial charge in [0, 0.05) is 51.2 Å². The lowest BCUT2D eigenvalue weighted by Crippen LogP contribution is -2.54. The summed E-state index contributed by atoms with van der Waals surface area (Å²) in [5.74, 6) is 1.47. The molecule has 1 aromatic carbocycles. The van der Waals surface area contributed by atoms with Crippen molar-refractivity contribution >= 4 is 11.9 Å². The third-order valence-electron chi connectivity index (χ3n) is 4.95. The third kappa shape index (κ3) is 7.15. The number of amides is 1. The van der Waals surface area contributed by atoms with E-state index in [1.165, 1.54) is 11.1 Å². The maximum Gasteiger partial charge on any atom is 0.234 e. The molecular weight excluding hydrogens is 350 g/mol. The van der Waals surface area contributed by atoms with E-state index in [0.717, 1.165) is 45.2 Å². The van der Waals surface area contributed by atoms with Gasteiger partial charge in [-0.25, -0.2) is 0 Å². The number of benzene rings is 1. The molecule has 6 nitrogen and oxygen atoms in total. The third-order valence-corrected chi connectivity index (χ3v) is 4.95. The summed E-state index contributed by atoms with van der Waals surface area (Å²) in [4.78, 5) is 21.4. The fourth-order valence-electron chi connectivity index (χ4n) is 3.42. The van der Waals surface area contributed by atoms with E-state index in [1.807, 2.05) is 13.8 Å². The molecular formula is C22H37N5O. The summed E-state index contributed by atoms with van der Waals surface area (Å²) in [6.45, 7) is 16.1. The van der Waals surface area contributed by atoms with E-state index in [1.54, 1.807) is 0 Å². The first kappa shape index (κ1) is 22.2. The molecule has 1 aliphatic rings. The summed E-state index contributed by atoms with van der Waals surface area (Å²) in [7, 11) is 0. The number of guanidine groups is 1. The average molecular weight is 388 g/mol. The number of carbonyl (C=O) groups is 1. The molecule has 1 amide bonds. The topological polar surface area (TPSA) is 60.0 Å². The number of rotatable bonds is 7. The van der Waals surface area contributed by atoms with Crippen LogP contribution in [0.3, 0.4) is 0 Å². The normalized spacial score (nSPS) is 16.9. The molecule has 2 rings (SSSR count). The number of hydrogen-bond donors (Lipinski definition) is 2. The molecule has 0 aromatic heterocycles. The van der Waals surface area contributed by atoms with E-state index in [4.69, 9.17) is 4.99 Å². The Morgan fingerprint density at radius 2 is 1.89 bits per heavy atom. The minimum atomic E-state index is 0.107. The van der Waals surface area contributed by atoms with Crippen molar-refractivity contribution < 1.29 is 4.79 Å². The second kappa shape index (κ2) is 11.1. The van der Waals surface area contributed by atoms with Crippen molar-refractivity contribution in [3.05, 3.63) is 35.4 Å². The quantitative estimate of drug-likeness (QED) is 0.556. The smallest absolute Gasteiger partial charge is 0.234 e. The average Bonchev–Trinajstić information content (AvgIpc) is 2.65. The van der Waals surface area contributed by atoms with Gasteiger partial charge in [0.2, 0.25) is 5.91 Å². The highest BCUT2D eigenvalue weighted by Crippen LogP contribution is 2.17. The fourth-order valence-corrected chi connectivity index (χ4v) is 3.42. The van der Waals surface area contributed by atoms with Crippen LogP contribution in [0.5, 0.6) is 0 Å². The number of carbonyl (C=O) groups excluding carboxylic acids is 1. The van der Waals surface area contributed by atoms with E-state index >= 15 is 0 Å². The predicted octanol–water partition coefficient (Wildman–Crippen LogP) is 2.21. The zero-order valence-electron chi connectivity index (χ0n) is 18.2. The van der Waals surface area contributed by atoms with Gasteiger partial charge < -0.3 is 15.5 Å². The van der Waals surface area contributed by atoms with Crippen LogP contribution in [0.25, 0.3) is 0 Å². The summed E-state index contributed by atoms with van der Waals surface area (Å²) in [6.07, 6.45) is 0. The van der Waals surface area contributed by atoms with Gasteiger partial charge in [0.05, 0.1) is 6.54 Å². The van der Waals surface area contributed by atoms with E-state index in [-0.39, 0.29) is 11.9 Å². The van der Waals surface area contributed by atoms with Crippen molar-refractivity contribution in [2.45, 2.75) is 46.6 Å². The van der Waals surface area contributed by atoms with Crippen molar-refractivity contribution in [1.82, 2.24) is 20.4 Å². The lowest BCUT2D eigenvalue weighted by atomic mass is 10.00. The molecule has 1 aromatic rings. The van der Waals surface area contributed by atoms with Crippen LogP contribution < -0.4 is 10.6 Å². The van der Waals surface area contributed by atoms with Crippen LogP contribution in [0, 0.1) is 6.92 Å². The number of piperazine rings is 1. The summed E-state index contributed by atoms with van der Waals surface area (Å²) in [5.41, 5.74) is 2.62. The van der Waals surface area contributed by atoms with Crippen LogP contribution in [-0.2, 0) is 4.79 Å². The Balaban J connectivity index is 1.89. The van der Waals surface area contributed by atoms with Crippen molar-refractivity contribution in [2.24, 2.45) is 4.99 Å². The maximum absolute atomic E-state index is 12.0. The first-order valence-electron chi connectivity index (χ1n) is 10.5. The van der Waals surface area contributed by atoms with Crippen LogP contribution in [0.1, 0.15) is 44.7 Å². The number of nitrogens with one attached hydrogen (secondary N) is 2. The highest BCUT2D eigenvalue weighted by atomic mass is 16.2. The van der Waals surface area contributed by atoms with Crippen molar-refractivity contribution in [1.29, 1.82) is 0 Å². The summed E-state index contributed by atoms with van der Waals surface area (Å²) in [6, 6.07) is 8.86. The van der Waals surface area contributed by atoms with Crippen LogP contribution in [-0.4, -0.2) is 73.5 Å². The van der Waals surface area contributed by atoms with Gasteiger partial charge in [-0.15, -0.1) is 0 Å². The Morgan fingerprint density at radius 3 is 2.50 bits per heavy atom. The van der Waals surface area contributed by atoms with E-state index < -0.39 is 0 Å². The first-order chi connectivity index (χ1) is 13.4. The molecule has 156 valence electrons. The highest BCUT2D eigenvalue weighted by Gasteiger charge is 2.21. The molecule has 2 N–H and O–H groups in total. The largest absolute Gasteiger partial charge is 0.357 e. The minimum Gasteiger partial charge on any atom is -0.357 e. The fraction of sp³-hybridized carbons (Fsp3) is 0.636. The van der Waals surface area contributed by atoms with Crippen molar-refractivity contribution in [2.75, 3.05) is 45.8 Å². The van der Waals surface area contributed by atoms with Gasteiger partial charge in [-0.1, -0.05) is 36.8 Å². The molecule has 1 heterocycles. The summed E-state index contributed by atoms with van der Waals surface area (Å²) in [5, 5.41) is 6.40. The molecule has 0 radical (unpaired) electrons. The standard InChI is InChI=1S/C22H37N5O/c1-6-23-22(24-15-19(5)20-9-7-8-18(4)14-20)27-12-10-26(11-13-27)16-21(28)25-17(2)3/h7-9,14,17,19H,6,10-13,15-16H2,1-5H3,(H,23,24)(H,25,28). The van der Waals surface area contributed by atoms with Gasteiger partial charge in [0.1, 0.15) is 0 Å². The zero-order chi connectivity index (χ0) is 20.5. The predicted molar refractivity (Wildman–Crippen MR) is 117 cm³/mol. The molecule has 28 heavy (non-hydrogen) atoms. The molecule has 1 fully saturated rings. The first-order valence-corrected chi connectivity index (χ1v) is 10.5. The van der Waals surface area contributed by atoms with Gasteiger partial charge in [-0.3, -0.25) is 14.7 Å². The highest BCUT2D eigenvalue weighted by molar-refractivity contribution is 5.80. The van der Waals surface area contributed by atoms with Gasteiger partial charge >= 0.3 is 0 Å². The Bertz CT molecular complexity index is 650. The SMILES string of the molecule is CCNC(=NCC(C)c1cccc(C)c1)N1CCN(CC(=O)NC(C)C)CC1. The van der Waals surface area contributed by atoms with Crippen molar-refractivity contribution in [3.8, 4) is 0 Å². The molecule has 1 atom stereocenters. The number of aryl methyl sites for hydroxylation is 1. The summed E-state index contributed by atoms with van der Waals surface area (Å²) < 4.78 is 0. The van der Waals surface area contributed by atoms with E-state index in [2.05, 4.69) is 65.5 Å². The molecule has 1 unspecified atom stereocenters. The Labute approximate surface area is 170 Å². The zero-order valence-corrected chi connectivity index (χ0v) is 18.2. The monoisotopic (exact) mass is 387 g/mol. The Kier molecular flexibility index (Phi) is 8.77. The van der Waals surface area contributed by atoms with Gasteiger partial charge in [0.15, 0.2) is 5.96 Å². The van der Waals surface area contributed by atoms with Gasteiger partial charge in [-0.05, 0) is 33.3 Å². The number of nitrogens with zero attached hydrogens (tertiary/aromatic N) is 3. The second-order valence-electron chi connectivity index (χ2n) is 8.00. The molecule has 0 bridgehead atoms. The van der Waals surface area contributed by atoms with Crippen LogP contribution in [0.2, 0.25) is 0 Å². The molecule has 0 aliphatic carbocycles. The molecule has 6 heteroatoms. The molecule has 1 aliphatic heterocycles. The Morgan fingerprint density at radius 1 is 1.18 bits per heavy atom. The van der Waals surface area contributed by atoms with Crippen LogP contribution in [0.4, 0.5) is 0 Å². The molecule has 0 spiro atoms. The van der Waals surface area contributed by atoms with Crippen LogP contribution >= 0.6 is 0 Å². The van der Waals surface area contributed by atoms with Crippen molar-refractivity contribution in [3.63, 3.8) is 0 Å².